The van der Waals surface area contributed by atoms with Gasteiger partial charge in [-0.15, -0.1) is 0 Å². The second-order valence-electron chi connectivity index (χ2n) is 4.07. The molecule has 0 aliphatic heterocycles. The second kappa shape index (κ2) is 5.95. The van der Waals surface area contributed by atoms with Crippen molar-refractivity contribution in [3.05, 3.63) is 58.6 Å². The Morgan fingerprint density at radius 1 is 1.05 bits per heavy atom. The number of rotatable bonds is 4. The van der Waals surface area contributed by atoms with Crippen molar-refractivity contribution in [2.75, 3.05) is 14.2 Å². The molecule has 3 nitrogen and oxygen atoms in total. The average Bonchev–Trinajstić information content (AvgIpc) is 2.45. The highest BCUT2D eigenvalue weighted by Gasteiger charge is 2.16. The van der Waals surface area contributed by atoms with E-state index in [2.05, 4.69) is 0 Å². The Labute approximate surface area is 117 Å². The number of methoxy groups -OCH3 is 2. The number of aliphatic hydroxyl groups is 1. The lowest BCUT2D eigenvalue weighted by Crippen LogP contribution is -2.02. The number of aliphatic hydroxyl groups excluding tert-OH is 1. The van der Waals surface area contributed by atoms with Gasteiger partial charge in [-0.2, -0.15) is 0 Å². The Morgan fingerprint density at radius 2 is 1.84 bits per heavy atom. The van der Waals surface area contributed by atoms with E-state index in [-0.39, 0.29) is 0 Å². The Balaban J connectivity index is 2.40. The SMILES string of the molecule is COc1ccc([C@H](O)c2cccc(Cl)c2)c(OC)c1. The third-order valence-corrected chi connectivity index (χ3v) is 3.13. The first kappa shape index (κ1) is 13.7. The first-order valence-corrected chi connectivity index (χ1v) is 6.19. The maximum absolute atomic E-state index is 10.4. The summed E-state index contributed by atoms with van der Waals surface area (Å²) in [5, 5.41) is 11.0. The number of benzene rings is 2. The van der Waals surface area contributed by atoms with Gasteiger partial charge in [0.1, 0.15) is 17.6 Å². The lowest BCUT2D eigenvalue weighted by molar-refractivity contribution is 0.214. The van der Waals surface area contributed by atoms with Gasteiger partial charge in [-0.3, -0.25) is 0 Å². The van der Waals surface area contributed by atoms with Gasteiger partial charge < -0.3 is 14.6 Å². The van der Waals surface area contributed by atoms with E-state index in [0.717, 1.165) is 5.56 Å². The van der Waals surface area contributed by atoms with Crippen LogP contribution in [0.5, 0.6) is 11.5 Å². The molecular formula is C15H15ClO3. The third-order valence-electron chi connectivity index (χ3n) is 2.90. The molecule has 0 heterocycles. The lowest BCUT2D eigenvalue weighted by atomic mass is 10.0. The summed E-state index contributed by atoms with van der Waals surface area (Å²) in [5.41, 5.74) is 1.39. The molecule has 0 radical (unpaired) electrons. The van der Waals surface area contributed by atoms with Gasteiger partial charge in [0, 0.05) is 16.7 Å². The first-order chi connectivity index (χ1) is 9.15. The number of ether oxygens (including phenoxy) is 2. The number of hydrogen-bond donors (Lipinski definition) is 1. The summed E-state index contributed by atoms with van der Waals surface area (Å²) in [6.45, 7) is 0. The summed E-state index contributed by atoms with van der Waals surface area (Å²) in [7, 11) is 3.14. The predicted octanol–water partition coefficient (Wildman–Crippen LogP) is 3.44. The van der Waals surface area contributed by atoms with Crippen LogP contribution in [0.3, 0.4) is 0 Å². The molecule has 4 heteroatoms. The maximum Gasteiger partial charge on any atom is 0.128 e. The fourth-order valence-corrected chi connectivity index (χ4v) is 2.10. The van der Waals surface area contributed by atoms with Crippen LogP contribution < -0.4 is 9.47 Å². The van der Waals surface area contributed by atoms with E-state index in [0.29, 0.717) is 22.1 Å². The molecule has 100 valence electrons. The fraction of sp³-hybridized carbons (Fsp3) is 0.200. The Hall–Kier alpha value is -1.71. The molecule has 0 saturated heterocycles. The van der Waals surface area contributed by atoms with Crippen molar-refractivity contribution >= 4 is 11.6 Å². The highest BCUT2D eigenvalue weighted by atomic mass is 35.5. The molecule has 0 aliphatic carbocycles. The molecule has 1 N–H and O–H groups in total. The van der Waals surface area contributed by atoms with Crippen molar-refractivity contribution in [1.29, 1.82) is 0 Å². The monoisotopic (exact) mass is 278 g/mol. The first-order valence-electron chi connectivity index (χ1n) is 5.81. The Bertz CT molecular complexity index is 569. The van der Waals surface area contributed by atoms with Crippen molar-refractivity contribution in [3.63, 3.8) is 0 Å². The van der Waals surface area contributed by atoms with Crippen LogP contribution in [0.2, 0.25) is 5.02 Å². The minimum absolute atomic E-state index is 0.576. The molecule has 0 amide bonds. The molecule has 0 spiro atoms. The molecule has 19 heavy (non-hydrogen) atoms. The molecule has 2 rings (SSSR count). The van der Waals surface area contributed by atoms with Crippen LogP contribution in [0.4, 0.5) is 0 Å². The van der Waals surface area contributed by atoms with Crippen molar-refractivity contribution in [2.45, 2.75) is 6.10 Å². The molecule has 0 aromatic heterocycles. The summed E-state index contributed by atoms with van der Waals surface area (Å²) in [4.78, 5) is 0. The second-order valence-corrected chi connectivity index (χ2v) is 4.50. The van der Waals surface area contributed by atoms with Crippen LogP contribution in [0, 0.1) is 0 Å². The highest BCUT2D eigenvalue weighted by molar-refractivity contribution is 6.30. The molecule has 0 fully saturated rings. The third kappa shape index (κ3) is 3.00. The summed E-state index contributed by atoms with van der Waals surface area (Å²) >= 11 is 5.94. The van der Waals surface area contributed by atoms with E-state index in [9.17, 15) is 5.11 Å². The molecular weight excluding hydrogens is 264 g/mol. The quantitative estimate of drug-likeness (QED) is 0.931. The number of hydrogen-bond acceptors (Lipinski definition) is 3. The van der Waals surface area contributed by atoms with Crippen molar-refractivity contribution in [1.82, 2.24) is 0 Å². The van der Waals surface area contributed by atoms with Crippen molar-refractivity contribution < 1.29 is 14.6 Å². The zero-order valence-corrected chi connectivity index (χ0v) is 11.5. The van der Waals surface area contributed by atoms with Crippen LogP contribution in [-0.2, 0) is 0 Å². The van der Waals surface area contributed by atoms with Gasteiger partial charge in [-0.1, -0.05) is 23.7 Å². The fourth-order valence-electron chi connectivity index (χ4n) is 1.90. The molecule has 2 aromatic rings. The summed E-state index contributed by atoms with van der Waals surface area (Å²) in [6.07, 6.45) is -0.792. The Kier molecular flexibility index (Phi) is 4.30. The van der Waals surface area contributed by atoms with Gasteiger partial charge >= 0.3 is 0 Å². The minimum Gasteiger partial charge on any atom is -0.497 e. The van der Waals surface area contributed by atoms with Crippen LogP contribution >= 0.6 is 11.6 Å². The van der Waals surface area contributed by atoms with Crippen molar-refractivity contribution in [3.8, 4) is 11.5 Å². The number of halogens is 1. The smallest absolute Gasteiger partial charge is 0.128 e. The van der Waals surface area contributed by atoms with E-state index in [1.54, 1.807) is 50.6 Å². The zero-order valence-electron chi connectivity index (χ0n) is 10.8. The van der Waals surface area contributed by atoms with E-state index >= 15 is 0 Å². The lowest BCUT2D eigenvalue weighted by Gasteiger charge is -2.16. The average molecular weight is 279 g/mol. The van der Waals surface area contributed by atoms with Crippen LogP contribution in [0.1, 0.15) is 17.2 Å². The molecule has 0 saturated carbocycles. The van der Waals surface area contributed by atoms with E-state index in [1.165, 1.54) is 0 Å². The van der Waals surface area contributed by atoms with E-state index in [1.807, 2.05) is 6.07 Å². The van der Waals surface area contributed by atoms with Crippen molar-refractivity contribution in [2.24, 2.45) is 0 Å². The van der Waals surface area contributed by atoms with Gasteiger partial charge in [-0.05, 0) is 29.8 Å². The maximum atomic E-state index is 10.4. The van der Waals surface area contributed by atoms with Gasteiger partial charge in [0.15, 0.2) is 0 Å². The normalized spacial score (nSPS) is 12.0. The largest absolute Gasteiger partial charge is 0.497 e. The standard InChI is InChI=1S/C15H15ClO3/c1-18-12-6-7-13(14(9-12)19-2)15(17)10-4-3-5-11(16)8-10/h3-9,15,17H,1-2H3/t15-/m1/s1. The predicted molar refractivity (Wildman–Crippen MR) is 75.1 cm³/mol. The van der Waals surface area contributed by atoms with Gasteiger partial charge in [0.25, 0.3) is 0 Å². The van der Waals surface area contributed by atoms with Gasteiger partial charge in [-0.25, -0.2) is 0 Å². The van der Waals surface area contributed by atoms with Crippen LogP contribution in [-0.4, -0.2) is 19.3 Å². The summed E-state index contributed by atoms with van der Waals surface area (Å²) in [5.74, 6) is 1.26. The zero-order chi connectivity index (χ0) is 13.8. The molecule has 2 aromatic carbocycles. The molecule has 0 unspecified atom stereocenters. The van der Waals surface area contributed by atoms with Crippen LogP contribution in [0.15, 0.2) is 42.5 Å². The topological polar surface area (TPSA) is 38.7 Å². The summed E-state index contributed by atoms with van der Waals surface area (Å²) < 4.78 is 10.4. The van der Waals surface area contributed by atoms with E-state index < -0.39 is 6.10 Å². The van der Waals surface area contributed by atoms with Gasteiger partial charge in [0.05, 0.1) is 14.2 Å². The van der Waals surface area contributed by atoms with Gasteiger partial charge in [0.2, 0.25) is 0 Å². The molecule has 0 bridgehead atoms. The molecule has 1 atom stereocenters. The Morgan fingerprint density at radius 3 is 2.47 bits per heavy atom. The minimum atomic E-state index is -0.792. The van der Waals surface area contributed by atoms with E-state index in [4.69, 9.17) is 21.1 Å². The molecule has 0 aliphatic rings. The summed E-state index contributed by atoms with van der Waals surface area (Å²) in [6, 6.07) is 12.4. The van der Waals surface area contributed by atoms with Crippen LogP contribution in [0.25, 0.3) is 0 Å². The highest BCUT2D eigenvalue weighted by Crippen LogP contribution is 2.33.